The van der Waals surface area contributed by atoms with Crippen LogP contribution in [-0.2, 0) is 14.3 Å². The van der Waals surface area contributed by atoms with Crippen molar-refractivity contribution < 1.29 is 19.5 Å². The lowest BCUT2D eigenvalue weighted by Gasteiger charge is -2.08. The van der Waals surface area contributed by atoms with Gasteiger partial charge in [0.15, 0.2) is 0 Å². The number of ether oxygens (including phenoxy) is 2. The molecule has 1 aliphatic heterocycles. The van der Waals surface area contributed by atoms with Crippen LogP contribution in [0.1, 0.15) is 25.7 Å². The summed E-state index contributed by atoms with van der Waals surface area (Å²) in [5.41, 5.74) is 1.20. The van der Waals surface area contributed by atoms with Gasteiger partial charge >= 0.3 is 0 Å². The molecule has 6 heteroatoms. The quantitative estimate of drug-likeness (QED) is 0.351. The van der Waals surface area contributed by atoms with Gasteiger partial charge in [0.25, 0.3) is 0 Å². The maximum Gasteiger partial charge on any atom is 0.125 e. The number of rotatable bonds is 6. The van der Waals surface area contributed by atoms with Crippen molar-refractivity contribution >= 4 is 11.9 Å². The average molecular weight is 284 g/mol. The second kappa shape index (κ2) is 9.50. The smallest absolute Gasteiger partial charge is 0.125 e. The lowest BCUT2D eigenvalue weighted by atomic mass is 10.1. The second-order valence-electron chi connectivity index (χ2n) is 4.79. The van der Waals surface area contributed by atoms with E-state index < -0.39 is 0 Å². The van der Waals surface area contributed by atoms with Crippen LogP contribution in [0.15, 0.2) is 23.0 Å². The Bertz CT molecular complexity index is 344. The Morgan fingerprint density at radius 2 is 2.35 bits per heavy atom. The maximum atomic E-state index is 8.07. The molecule has 1 heterocycles. The van der Waals surface area contributed by atoms with Gasteiger partial charge < -0.3 is 19.5 Å². The Labute approximate surface area is 120 Å². The van der Waals surface area contributed by atoms with Gasteiger partial charge in [0, 0.05) is 39.2 Å². The molecule has 1 N–H and O–H groups in total. The van der Waals surface area contributed by atoms with Gasteiger partial charge in [-0.3, -0.25) is 0 Å². The van der Waals surface area contributed by atoms with Crippen molar-refractivity contribution in [2.75, 3.05) is 20.8 Å². The summed E-state index contributed by atoms with van der Waals surface area (Å²) in [5, 5.41) is 14.9. The molecule has 2 rings (SSSR count). The van der Waals surface area contributed by atoms with E-state index in [2.05, 4.69) is 16.9 Å². The molecule has 0 amide bonds. The van der Waals surface area contributed by atoms with Gasteiger partial charge in [-0.2, -0.15) is 0 Å². The van der Waals surface area contributed by atoms with Gasteiger partial charge in [0.05, 0.1) is 17.9 Å². The molecule has 0 radical (unpaired) electrons. The standard InChI is InChI=1S/C7H11NO2.C7H13NO2/c1-9-6-2-5-4-10-8-7(5)3-6;1-3-4-7(10-2)5-6-8-9/h5-6H,2-4H2,1H3;3,6-7,9H,1,4-5H2,2H3. The Hall–Kier alpha value is -1.40. The monoisotopic (exact) mass is 284 g/mol. The minimum Gasteiger partial charge on any atom is -0.411 e. The number of nitrogens with zero attached hydrogens (tertiary/aromatic N) is 2. The summed E-state index contributed by atoms with van der Waals surface area (Å²) in [6, 6.07) is 0. The zero-order valence-corrected chi connectivity index (χ0v) is 12.2. The SMILES string of the molecule is C=CCC(CC=NO)OC.COC1CC2=NOCC2C1. The highest BCUT2D eigenvalue weighted by Gasteiger charge is 2.34. The zero-order chi connectivity index (χ0) is 14.8. The molecule has 0 bridgehead atoms. The van der Waals surface area contributed by atoms with Crippen LogP contribution in [-0.4, -0.2) is 50.2 Å². The summed E-state index contributed by atoms with van der Waals surface area (Å²) in [6.07, 6.45) is 7.15. The normalized spacial score (nSPS) is 25.4. The highest BCUT2D eigenvalue weighted by atomic mass is 16.6. The molecule has 0 aromatic rings. The topological polar surface area (TPSA) is 72.6 Å². The Kier molecular flexibility index (Phi) is 7.91. The van der Waals surface area contributed by atoms with E-state index >= 15 is 0 Å². The highest BCUT2D eigenvalue weighted by Crippen LogP contribution is 2.29. The van der Waals surface area contributed by atoms with E-state index in [1.807, 2.05) is 0 Å². The predicted molar refractivity (Wildman–Crippen MR) is 77.4 cm³/mol. The van der Waals surface area contributed by atoms with Crippen molar-refractivity contribution in [3.63, 3.8) is 0 Å². The molecule has 0 saturated heterocycles. The molecular formula is C14H24N2O4. The van der Waals surface area contributed by atoms with Crippen LogP contribution in [0.3, 0.4) is 0 Å². The minimum atomic E-state index is 0.0911. The van der Waals surface area contributed by atoms with Crippen LogP contribution in [0.5, 0.6) is 0 Å². The largest absolute Gasteiger partial charge is 0.411 e. The summed E-state index contributed by atoms with van der Waals surface area (Å²) >= 11 is 0. The molecule has 0 spiro atoms. The lowest BCUT2D eigenvalue weighted by Crippen LogP contribution is -2.09. The van der Waals surface area contributed by atoms with Gasteiger partial charge in [0.2, 0.25) is 0 Å². The van der Waals surface area contributed by atoms with Gasteiger partial charge in [0.1, 0.15) is 6.61 Å². The van der Waals surface area contributed by atoms with E-state index in [9.17, 15) is 0 Å². The molecule has 2 aliphatic rings. The number of hydrogen-bond acceptors (Lipinski definition) is 6. The van der Waals surface area contributed by atoms with Crippen molar-refractivity contribution in [3.05, 3.63) is 12.7 Å². The fourth-order valence-corrected chi connectivity index (χ4v) is 2.24. The number of methoxy groups -OCH3 is 2. The third-order valence-corrected chi connectivity index (χ3v) is 3.46. The van der Waals surface area contributed by atoms with E-state index in [1.165, 1.54) is 11.9 Å². The Balaban J connectivity index is 0.000000200. The van der Waals surface area contributed by atoms with E-state index in [0.717, 1.165) is 25.9 Å². The summed E-state index contributed by atoms with van der Waals surface area (Å²) in [6.45, 7) is 4.34. The van der Waals surface area contributed by atoms with Gasteiger partial charge in [-0.05, 0) is 12.8 Å². The number of hydrogen-bond donors (Lipinski definition) is 1. The summed E-state index contributed by atoms with van der Waals surface area (Å²) < 4.78 is 10.2. The van der Waals surface area contributed by atoms with Gasteiger partial charge in [-0.25, -0.2) is 0 Å². The van der Waals surface area contributed by atoms with Gasteiger partial charge in [-0.1, -0.05) is 11.2 Å². The zero-order valence-electron chi connectivity index (χ0n) is 12.2. The first-order valence-electron chi connectivity index (χ1n) is 6.76. The van der Waals surface area contributed by atoms with Gasteiger partial charge in [-0.15, -0.1) is 11.7 Å². The molecule has 114 valence electrons. The van der Waals surface area contributed by atoms with E-state index in [1.54, 1.807) is 20.3 Å². The highest BCUT2D eigenvalue weighted by molar-refractivity contribution is 5.89. The molecule has 1 saturated carbocycles. The summed E-state index contributed by atoms with van der Waals surface area (Å²) in [5.74, 6) is 0.560. The molecular weight excluding hydrogens is 260 g/mol. The second-order valence-corrected chi connectivity index (χ2v) is 4.79. The summed E-state index contributed by atoms with van der Waals surface area (Å²) in [4.78, 5) is 4.94. The molecule has 1 fully saturated rings. The minimum absolute atomic E-state index is 0.0911. The van der Waals surface area contributed by atoms with Crippen LogP contribution in [0, 0.1) is 5.92 Å². The number of oxime groups is 2. The molecule has 1 aliphatic carbocycles. The van der Waals surface area contributed by atoms with Crippen LogP contribution in [0.25, 0.3) is 0 Å². The van der Waals surface area contributed by atoms with Crippen LogP contribution in [0.4, 0.5) is 0 Å². The third kappa shape index (κ3) is 5.30. The van der Waals surface area contributed by atoms with E-state index in [0.29, 0.717) is 18.4 Å². The first kappa shape index (κ1) is 16.7. The van der Waals surface area contributed by atoms with Crippen LogP contribution < -0.4 is 0 Å². The number of fused-ring (bicyclic) bond motifs is 1. The average Bonchev–Trinajstić information content (AvgIpc) is 3.05. The van der Waals surface area contributed by atoms with Crippen molar-refractivity contribution in [1.82, 2.24) is 0 Å². The van der Waals surface area contributed by atoms with E-state index in [-0.39, 0.29) is 6.10 Å². The molecule has 0 aromatic carbocycles. The fraction of sp³-hybridized carbons (Fsp3) is 0.714. The third-order valence-electron chi connectivity index (χ3n) is 3.46. The predicted octanol–water partition coefficient (Wildman–Crippen LogP) is 2.23. The van der Waals surface area contributed by atoms with Crippen molar-refractivity contribution in [1.29, 1.82) is 0 Å². The first-order valence-corrected chi connectivity index (χ1v) is 6.76. The molecule has 3 unspecified atom stereocenters. The van der Waals surface area contributed by atoms with Crippen LogP contribution in [0.2, 0.25) is 0 Å². The summed E-state index contributed by atoms with van der Waals surface area (Å²) in [7, 11) is 3.38. The molecule has 0 aromatic heterocycles. The van der Waals surface area contributed by atoms with Crippen molar-refractivity contribution in [2.24, 2.45) is 16.2 Å². The maximum absolute atomic E-state index is 8.07. The van der Waals surface area contributed by atoms with Crippen molar-refractivity contribution in [2.45, 2.75) is 37.9 Å². The lowest BCUT2D eigenvalue weighted by molar-refractivity contribution is 0.0868. The molecule has 20 heavy (non-hydrogen) atoms. The first-order chi connectivity index (χ1) is 9.74. The van der Waals surface area contributed by atoms with Crippen molar-refractivity contribution in [3.8, 4) is 0 Å². The Morgan fingerprint density at radius 1 is 1.55 bits per heavy atom. The van der Waals surface area contributed by atoms with Crippen LogP contribution >= 0.6 is 0 Å². The fourth-order valence-electron chi connectivity index (χ4n) is 2.24. The Morgan fingerprint density at radius 3 is 2.90 bits per heavy atom. The molecule has 6 nitrogen and oxygen atoms in total. The van der Waals surface area contributed by atoms with E-state index in [4.69, 9.17) is 19.5 Å². The molecule has 3 atom stereocenters.